The Hall–Kier alpha value is -0.440. The number of hydrazine groups is 1. The van der Waals surface area contributed by atoms with Crippen LogP contribution < -0.4 is 21.3 Å². The normalized spacial score (nSPS) is 10.9. The van der Waals surface area contributed by atoms with Crippen LogP contribution in [0.3, 0.4) is 0 Å². The summed E-state index contributed by atoms with van der Waals surface area (Å²) in [6.45, 7) is 0.963. The summed E-state index contributed by atoms with van der Waals surface area (Å²) in [6, 6.07) is 0. The van der Waals surface area contributed by atoms with Gasteiger partial charge in [0, 0.05) is 13.1 Å². The van der Waals surface area contributed by atoms with E-state index in [9.17, 15) is 8.42 Å². The molecule has 0 aromatic heterocycles. The minimum absolute atomic E-state index is 0.347. The van der Waals surface area contributed by atoms with Crippen LogP contribution in [-0.4, -0.2) is 32.9 Å². The van der Waals surface area contributed by atoms with Crippen LogP contribution in [0.4, 0.5) is 0 Å². The number of nitrogens with one attached hydrogen (secondary N) is 3. The summed E-state index contributed by atoms with van der Waals surface area (Å²) in [5.74, 6) is 4.99. The predicted molar refractivity (Wildman–Crippen MR) is 55.4 cm³/mol. The Morgan fingerprint density at radius 3 is 2.54 bits per heavy atom. The van der Waals surface area contributed by atoms with E-state index in [1.165, 1.54) is 0 Å². The number of thiocarbonyl (C=S) groups is 1. The van der Waals surface area contributed by atoms with Crippen molar-refractivity contribution in [3.8, 4) is 0 Å². The highest BCUT2D eigenvalue weighted by Gasteiger charge is 1.98. The van der Waals surface area contributed by atoms with Gasteiger partial charge in [-0.05, 0) is 18.6 Å². The zero-order valence-electron chi connectivity index (χ0n) is 7.33. The zero-order valence-corrected chi connectivity index (χ0v) is 8.96. The Morgan fingerprint density at radius 1 is 1.46 bits per heavy atom. The van der Waals surface area contributed by atoms with Gasteiger partial charge in [0.25, 0.3) is 0 Å². The highest BCUT2D eigenvalue weighted by atomic mass is 32.2. The number of nitrogens with two attached hydrogens (primary N) is 1. The Balaban J connectivity index is 3.33. The first kappa shape index (κ1) is 12.6. The summed E-state index contributed by atoms with van der Waals surface area (Å²) in [6.07, 6.45) is 1.77. The smallest absolute Gasteiger partial charge is 0.208 e. The lowest BCUT2D eigenvalue weighted by Gasteiger charge is -2.06. The van der Waals surface area contributed by atoms with E-state index in [1.807, 2.05) is 0 Å². The van der Waals surface area contributed by atoms with Gasteiger partial charge in [-0.3, -0.25) is 0 Å². The molecule has 0 amide bonds. The maximum Gasteiger partial charge on any atom is 0.208 e. The fraction of sp³-hybridized carbons (Fsp3) is 0.800. The van der Waals surface area contributed by atoms with Gasteiger partial charge in [-0.2, -0.15) is 0 Å². The minimum atomic E-state index is -3.08. The Labute approximate surface area is 83.3 Å². The summed E-state index contributed by atoms with van der Waals surface area (Å²) in [7, 11) is -3.08. The molecule has 0 rings (SSSR count). The lowest BCUT2D eigenvalue weighted by molar-refractivity contribution is 0.584. The third kappa shape index (κ3) is 9.47. The summed E-state index contributed by atoms with van der Waals surface area (Å²) in [5.41, 5.74) is 2.25. The molecular formula is C5H14N4O2S2. The van der Waals surface area contributed by atoms with Crippen molar-refractivity contribution in [2.75, 3.05) is 19.3 Å². The minimum Gasteiger partial charge on any atom is -0.362 e. The van der Waals surface area contributed by atoms with E-state index in [1.54, 1.807) is 0 Å². The predicted octanol–water partition coefficient (Wildman–Crippen LogP) is -1.74. The van der Waals surface area contributed by atoms with E-state index in [0.29, 0.717) is 24.6 Å². The summed E-state index contributed by atoms with van der Waals surface area (Å²) in [4.78, 5) is 0. The van der Waals surface area contributed by atoms with Gasteiger partial charge in [-0.1, -0.05) is 0 Å². The molecule has 5 N–H and O–H groups in total. The van der Waals surface area contributed by atoms with Crippen molar-refractivity contribution in [3.05, 3.63) is 0 Å². The van der Waals surface area contributed by atoms with Crippen molar-refractivity contribution in [3.63, 3.8) is 0 Å². The molecule has 0 aromatic rings. The molecular weight excluding hydrogens is 212 g/mol. The van der Waals surface area contributed by atoms with Gasteiger partial charge in [0.15, 0.2) is 5.11 Å². The van der Waals surface area contributed by atoms with Gasteiger partial charge in [0.1, 0.15) is 0 Å². The molecule has 0 aromatic carbocycles. The van der Waals surface area contributed by atoms with Crippen LogP contribution in [0, 0.1) is 0 Å². The molecule has 13 heavy (non-hydrogen) atoms. The van der Waals surface area contributed by atoms with Crippen molar-refractivity contribution < 1.29 is 8.42 Å². The lowest BCUT2D eigenvalue weighted by atomic mass is 10.4. The van der Waals surface area contributed by atoms with Crippen LogP contribution in [0.15, 0.2) is 0 Å². The van der Waals surface area contributed by atoms with E-state index < -0.39 is 10.0 Å². The molecule has 0 saturated heterocycles. The van der Waals surface area contributed by atoms with E-state index in [-0.39, 0.29) is 0 Å². The Kier molecular flexibility index (Phi) is 5.88. The molecule has 0 heterocycles. The SMILES string of the molecule is CS(=O)(=O)NCCCNC(=S)NN. The molecule has 8 heteroatoms. The highest BCUT2D eigenvalue weighted by Crippen LogP contribution is 1.77. The van der Waals surface area contributed by atoms with Gasteiger partial charge in [-0.15, -0.1) is 0 Å². The zero-order chi connectivity index (χ0) is 10.3. The van der Waals surface area contributed by atoms with Crippen molar-refractivity contribution in [1.29, 1.82) is 0 Å². The van der Waals surface area contributed by atoms with E-state index in [4.69, 9.17) is 18.1 Å². The molecule has 0 aliphatic carbocycles. The van der Waals surface area contributed by atoms with Gasteiger partial charge >= 0.3 is 0 Å². The van der Waals surface area contributed by atoms with Crippen molar-refractivity contribution in [2.24, 2.45) is 5.84 Å². The second-order valence-corrected chi connectivity index (χ2v) is 4.66. The Morgan fingerprint density at radius 2 is 2.08 bits per heavy atom. The fourth-order valence-corrected chi connectivity index (χ4v) is 1.22. The van der Waals surface area contributed by atoms with Crippen LogP contribution in [-0.2, 0) is 10.0 Å². The van der Waals surface area contributed by atoms with Gasteiger partial charge < -0.3 is 10.7 Å². The molecule has 0 radical (unpaired) electrons. The maximum atomic E-state index is 10.6. The second kappa shape index (κ2) is 6.08. The van der Waals surface area contributed by atoms with E-state index in [0.717, 1.165) is 6.26 Å². The van der Waals surface area contributed by atoms with Crippen LogP contribution >= 0.6 is 12.2 Å². The first-order valence-corrected chi connectivity index (χ1v) is 5.95. The third-order valence-corrected chi connectivity index (χ3v) is 2.13. The standard InChI is InChI=1S/C5H14N4O2S2/c1-13(10,11)8-4-2-3-7-5(12)9-6/h8H,2-4,6H2,1H3,(H2,7,9,12). The van der Waals surface area contributed by atoms with Crippen molar-refractivity contribution in [1.82, 2.24) is 15.5 Å². The van der Waals surface area contributed by atoms with Crippen molar-refractivity contribution in [2.45, 2.75) is 6.42 Å². The van der Waals surface area contributed by atoms with Crippen LogP contribution in [0.1, 0.15) is 6.42 Å². The molecule has 0 saturated carbocycles. The fourth-order valence-electron chi connectivity index (χ4n) is 0.599. The monoisotopic (exact) mass is 226 g/mol. The van der Waals surface area contributed by atoms with Crippen LogP contribution in [0.2, 0.25) is 0 Å². The van der Waals surface area contributed by atoms with Crippen molar-refractivity contribution >= 4 is 27.4 Å². The lowest BCUT2D eigenvalue weighted by Crippen LogP contribution is -2.40. The third-order valence-electron chi connectivity index (χ3n) is 1.13. The van der Waals surface area contributed by atoms with Gasteiger partial charge in [-0.25, -0.2) is 19.0 Å². The van der Waals surface area contributed by atoms with Crippen LogP contribution in [0.25, 0.3) is 0 Å². The molecule has 0 bridgehead atoms. The average Bonchev–Trinajstić information content (AvgIpc) is 2.01. The highest BCUT2D eigenvalue weighted by molar-refractivity contribution is 7.88. The molecule has 0 aliphatic heterocycles. The number of rotatable bonds is 5. The molecule has 0 atom stereocenters. The molecule has 6 nitrogen and oxygen atoms in total. The first-order chi connectivity index (χ1) is 5.95. The molecule has 0 spiro atoms. The number of hydrogen-bond donors (Lipinski definition) is 4. The molecule has 0 fully saturated rings. The topological polar surface area (TPSA) is 96.2 Å². The Bertz CT molecular complexity index is 251. The summed E-state index contributed by atoms with van der Waals surface area (Å²) < 4.78 is 23.5. The largest absolute Gasteiger partial charge is 0.362 e. The molecule has 0 unspecified atom stereocenters. The average molecular weight is 226 g/mol. The maximum absolute atomic E-state index is 10.6. The summed E-state index contributed by atoms with van der Waals surface area (Å²) in [5, 5.41) is 3.13. The molecule has 0 aliphatic rings. The second-order valence-electron chi connectivity index (χ2n) is 2.42. The quantitative estimate of drug-likeness (QED) is 0.192. The number of hydrogen-bond acceptors (Lipinski definition) is 4. The van der Waals surface area contributed by atoms with Gasteiger partial charge in [0.05, 0.1) is 6.26 Å². The first-order valence-electron chi connectivity index (χ1n) is 3.65. The van der Waals surface area contributed by atoms with E-state index in [2.05, 4.69) is 15.5 Å². The summed E-state index contributed by atoms with van der Waals surface area (Å²) >= 11 is 4.69. The molecule has 78 valence electrons. The van der Waals surface area contributed by atoms with E-state index >= 15 is 0 Å². The van der Waals surface area contributed by atoms with Gasteiger partial charge in [0.2, 0.25) is 10.0 Å². The number of sulfonamides is 1. The van der Waals surface area contributed by atoms with Crippen LogP contribution in [0.5, 0.6) is 0 Å².